The maximum atomic E-state index is 14.2. The number of aliphatic carboxylic acids is 1. The van der Waals surface area contributed by atoms with Crippen molar-refractivity contribution in [1.82, 2.24) is 9.88 Å². The number of aliphatic hydroxyl groups excluding tert-OH is 1. The van der Waals surface area contributed by atoms with E-state index in [9.17, 15) is 28.2 Å². The maximum absolute atomic E-state index is 14.2. The first-order valence-corrected chi connectivity index (χ1v) is 13.0. The van der Waals surface area contributed by atoms with Gasteiger partial charge in [0, 0.05) is 29.7 Å². The summed E-state index contributed by atoms with van der Waals surface area (Å²) in [7, 11) is 1.58. The zero-order valence-electron chi connectivity index (χ0n) is 21.1. The van der Waals surface area contributed by atoms with E-state index in [4.69, 9.17) is 4.74 Å². The average Bonchev–Trinajstić information content (AvgIpc) is 2.90. The number of halogens is 3. The lowest BCUT2D eigenvalue weighted by molar-refractivity contribution is -0.147. The van der Waals surface area contributed by atoms with E-state index in [2.05, 4.69) is 9.88 Å². The molecule has 2 heterocycles. The van der Waals surface area contributed by atoms with Gasteiger partial charge in [0.15, 0.2) is 11.6 Å². The van der Waals surface area contributed by atoms with E-state index in [0.29, 0.717) is 50.9 Å². The summed E-state index contributed by atoms with van der Waals surface area (Å²) in [6, 6.07) is 9.01. The van der Waals surface area contributed by atoms with Gasteiger partial charge < -0.3 is 14.9 Å². The van der Waals surface area contributed by atoms with Crippen molar-refractivity contribution in [2.45, 2.75) is 50.2 Å². The topological polar surface area (TPSA) is 82.9 Å². The third-order valence-electron chi connectivity index (χ3n) is 8.37. The van der Waals surface area contributed by atoms with Gasteiger partial charge >= 0.3 is 5.97 Å². The van der Waals surface area contributed by atoms with Gasteiger partial charge in [0.05, 0.1) is 24.6 Å². The number of benzene rings is 2. The second-order valence-electron chi connectivity index (χ2n) is 10.4. The first-order chi connectivity index (χ1) is 18.3. The smallest absolute Gasteiger partial charge is 0.308 e. The van der Waals surface area contributed by atoms with Gasteiger partial charge in [-0.2, -0.15) is 0 Å². The number of likely N-dealkylation sites (tertiary alicyclic amines) is 1. The van der Waals surface area contributed by atoms with Crippen LogP contribution in [0, 0.1) is 29.3 Å². The summed E-state index contributed by atoms with van der Waals surface area (Å²) in [5.41, 5.74) is 1.27. The van der Waals surface area contributed by atoms with Gasteiger partial charge in [0.1, 0.15) is 11.6 Å². The Balaban J connectivity index is 1.21. The van der Waals surface area contributed by atoms with Crippen LogP contribution in [-0.2, 0) is 4.79 Å². The lowest BCUT2D eigenvalue weighted by Gasteiger charge is -2.47. The largest absolute Gasteiger partial charge is 0.497 e. The van der Waals surface area contributed by atoms with Crippen molar-refractivity contribution in [1.29, 1.82) is 0 Å². The van der Waals surface area contributed by atoms with Crippen LogP contribution in [-0.4, -0.2) is 52.3 Å². The van der Waals surface area contributed by atoms with Crippen molar-refractivity contribution in [2.24, 2.45) is 11.8 Å². The molecule has 0 amide bonds. The second-order valence-corrected chi connectivity index (χ2v) is 10.4. The molecule has 2 fully saturated rings. The number of carboxylic acids is 1. The fourth-order valence-corrected chi connectivity index (χ4v) is 6.11. The Morgan fingerprint density at radius 1 is 1.16 bits per heavy atom. The van der Waals surface area contributed by atoms with Crippen LogP contribution in [0.3, 0.4) is 0 Å². The van der Waals surface area contributed by atoms with Crippen molar-refractivity contribution < 1.29 is 32.9 Å². The number of hydrogen-bond acceptors (Lipinski definition) is 5. The van der Waals surface area contributed by atoms with Crippen LogP contribution < -0.4 is 4.74 Å². The normalized spacial score (nSPS) is 24.7. The SMILES string of the molecule is COc1ccc2nccc([C@@H](O)CC[C@@H]3CCN(C4CC(c5c(F)ccc(F)c5F)C4)C[C@@H]3C(=O)O)c2c1. The number of carboxylic acid groups (broad SMARTS) is 1. The fraction of sp³-hybridized carbons (Fsp3) is 0.448. The molecule has 1 saturated heterocycles. The highest BCUT2D eigenvalue weighted by atomic mass is 19.2. The van der Waals surface area contributed by atoms with Crippen LogP contribution in [0.4, 0.5) is 13.2 Å². The summed E-state index contributed by atoms with van der Waals surface area (Å²) < 4.78 is 47.3. The second kappa shape index (κ2) is 10.9. The molecular weight excluding hydrogens is 497 g/mol. The zero-order chi connectivity index (χ0) is 27.0. The van der Waals surface area contributed by atoms with Gasteiger partial charge in [-0.15, -0.1) is 0 Å². The van der Waals surface area contributed by atoms with E-state index in [1.165, 1.54) is 0 Å². The van der Waals surface area contributed by atoms with Crippen molar-refractivity contribution in [3.63, 3.8) is 0 Å². The number of aliphatic hydroxyl groups is 1. The first kappa shape index (κ1) is 26.4. The Morgan fingerprint density at radius 3 is 2.66 bits per heavy atom. The summed E-state index contributed by atoms with van der Waals surface area (Å²) in [5, 5.41) is 21.8. The third kappa shape index (κ3) is 5.09. The predicted octanol–water partition coefficient (Wildman–Crippen LogP) is 5.44. The third-order valence-corrected chi connectivity index (χ3v) is 8.37. The Kier molecular flexibility index (Phi) is 7.59. The number of methoxy groups -OCH3 is 1. The van der Waals surface area contributed by atoms with Crippen LogP contribution >= 0.6 is 0 Å². The molecule has 0 spiro atoms. The van der Waals surface area contributed by atoms with Gasteiger partial charge in [-0.25, -0.2) is 13.2 Å². The lowest BCUT2D eigenvalue weighted by Crippen LogP contribution is -2.52. The van der Waals surface area contributed by atoms with Crippen LogP contribution in [0.5, 0.6) is 5.75 Å². The minimum atomic E-state index is -1.13. The molecule has 0 radical (unpaired) electrons. The number of piperidine rings is 1. The number of carbonyl (C=O) groups is 1. The first-order valence-electron chi connectivity index (χ1n) is 13.0. The number of fused-ring (bicyclic) bond motifs is 1. The average molecular weight is 529 g/mol. The van der Waals surface area contributed by atoms with Gasteiger partial charge in [-0.05, 0) is 92.4 Å². The molecule has 202 valence electrons. The number of pyridine rings is 1. The summed E-state index contributed by atoms with van der Waals surface area (Å²) in [5.74, 6) is -4.27. The lowest BCUT2D eigenvalue weighted by atomic mass is 9.72. The minimum Gasteiger partial charge on any atom is -0.497 e. The summed E-state index contributed by atoms with van der Waals surface area (Å²) in [6.45, 7) is 1.02. The molecule has 1 aromatic heterocycles. The van der Waals surface area contributed by atoms with E-state index in [0.717, 1.165) is 28.6 Å². The van der Waals surface area contributed by atoms with Crippen molar-refractivity contribution in [3.05, 3.63) is 71.2 Å². The standard InChI is InChI=1S/C29H31F3N2O4/c1-38-19-3-6-25-21(14-19)20(8-10-33-25)26(35)7-2-16-9-11-34(15-22(16)29(36)37)18-12-17(13-18)27-23(30)4-5-24(31)28(27)32/h3-6,8,10,14,16-18,22,26,35H,2,7,9,11-13,15H2,1H3,(H,36,37)/t16-,17?,18?,22+,26+/m1/s1. The van der Waals surface area contributed by atoms with E-state index >= 15 is 0 Å². The van der Waals surface area contributed by atoms with E-state index in [-0.39, 0.29) is 17.5 Å². The molecule has 9 heteroatoms. The van der Waals surface area contributed by atoms with Crippen LogP contribution in [0.1, 0.15) is 55.3 Å². The molecular formula is C29H31F3N2O4. The van der Waals surface area contributed by atoms with Crippen molar-refractivity contribution in [3.8, 4) is 5.75 Å². The maximum Gasteiger partial charge on any atom is 0.308 e. The Labute approximate surface area is 219 Å². The molecule has 1 aliphatic carbocycles. The number of rotatable bonds is 8. The predicted molar refractivity (Wildman–Crippen MR) is 135 cm³/mol. The quantitative estimate of drug-likeness (QED) is 0.379. The summed E-state index contributed by atoms with van der Waals surface area (Å²) in [4.78, 5) is 18.6. The zero-order valence-corrected chi connectivity index (χ0v) is 21.1. The molecule has 1 saturated carbocycles. The molecule has 3 aromatic rings. The molecule has 2 aliphatic rings. The van der Waals surface area contributed by atoms with Crippen molar-refractivity contribution in [2.75, 3.05) is 20.2 Å². The highest BCUT2D eigenvalue weighted by molar-refractivity contribution is 5.83. The Bertz CT molecular complexity index is 1330. The van der Waals surface area contributed by atoms with Crippen LogP contribution in [0.15, 0.2) is 42.6 Å². The number of nitrogens with zero attached hydrogens (tertiary/aromatic N) is 2. The molecule has 5 rings (SSSR count). The number of hydrogen-bond donors (Lipinski definition) is 2. The molecule has 1 aliphatic heterocycles. The van der Waals surface area contributed by atoms with Gasteiger partial charge in [-0.1, -0.05) is 0 Å². The molecule has 0 unspecified atom stereocenters. The van der Waals surface area contributed by atoms with E-state index in [1.54, 1.807) is 19.4 Å². The number of aromatic nitrogens is 1. The van der Waals surface area contributed by atoms with Gasteiger partial charge in [0.25, 0.3) is 0 Å². The van der Waals surface area contributed by atoms with Gasteiger partial charge in [0.2, 0.25) is 0 Å². The summed E-state index contributed by atoms with van der Waals surface area (Å²) >= 11 is 0. The Hall–Kier alpha value is -3.17. The highest BCUT2D eigenvalue weighted by Crippen LogP contribution is 2.44. The van der Waals surface area contributed by atoms with Crippen molar-refractivity contribution >= 4 is 16.9 Å². The number of ether oxygens (including phenoxy) is 1. The monoisotopic (exact) mass is 528 g/mol. The fourth-order valence-electron chi connectivity index (χ4n) is 6.11. The van der Waals surface area contributed by atoms with Crippen LogP contribution in [0.25, 0.3) is 10.9 Å². The Morgan fingerprint density at radius 2 is 1.92 bits per heavy atom. The molecule has 2 N–H and O–H groups in total. The van der Waals surface area contributed by atoms with E-state index in [1.807, 2.05) is 18.2 Å². The molecule has 38 heavy (non-hydrogen) atoms. The minimum absolute atomic E-state index is 0.00798. The molecule has 0 bridgehead atoms. The van der Waals surface area contributed by atoms with Gasteiger partial charge in [-0.3, -0.25) is 14.7 Å². The molecule has 2 aromatic carbocycles. The van der Waals surface area contributed by atoms with E-state index < -0.39 is 41.4 Å². The van der Waals surface area contributed by atoms with Crippen LogP contribution in [0.2, 0.25) is 0 Å². The molecule has 6 nitrogen and oxygen atoms in total. The highest BCUT2D eigenvalue weighted by Gasteiger charge is 2.42. The molecule has 3 atom stereocenters. The summed E-state index contributed by atoms with van der Waals surface area (Å²) in [6.07, 6.45) is 3.42.